The Hall–Kier alpha value is -2.56. The van der Waals surface area contributed by atoms with Crippen LogP contribution in [-0.4, -0.2) is 18.5 Å². The quantitative estimate of drug-likeness (QED) is 0.542. The summed E-state index contributed by atoms with van der Waals surface area (Å²) < 4.78 is 17.6. The Morgan fingerprint density at radius 3 is 2.68 bits per heavy atom. The molecular weight excluding hydrogens is 356 g/mol. The molecular formula is C23H26O5. The van der Waals surface area contributed by atoms with Gasteiger partial charge in [-0.3, -0.25) is 4.79 Å². The highest BCUT2D eigenvalue weighted by Gasteiger charge is 2.36. The van der Waals surface area contributed by atoms with Gasteiger partial charge in [-0.05, 0) is 50.8 Å². The van der Waals surface area contributed by atoms with Crippen molar-refractivity contribution in [3.05, 3.63) is 39.3 Å². The van der Waals surface area contributed by atoms with Crippen LogP contribution in [-0.2, 0) is 6.42 Å². The first-order chi connectivity index (χ1) is 13.4. The Bertz CT molecular complexity index is 1040. The molecule has 1 aliphatic carbocycles. The molecule has 148 valence electrons. The van der Waals surface area contributed by atoms with Crippen LogP contribution in [0.5, 0.6) is 11.5 Å². The Balaban J connectivity index is 2.13. The molecule has 5 nitrogen and oxygen atoms in total. The fraction of sp³-hybridized carbons (Fsp3) is 0.478. The molecule has 5 heteroatoms. The van der Waals surface area contributed by atoms with E-state index in [4.69, 9.17) is 13.9 Å². The van der Waals surface area contributed by atoms with E-state index in [0.717, 1.165) is 42.2 Å². The van der Waals surface area contributed by atoms with Crippen molar-refractivity contribution in [2.45, 2.75) is 58.5 Å². The van der Waals surface area contributed by atoms with Gasteiger partial charge in [0.2, 0.25) is 0 Å². The minimum Gasteiger partial charge on any atom is -0.495 e. The minimum absolute atomic E-state index is 0.00840. The lowest BCUT2D eigenvalue weighted by Crippen LogP contribution is -2.29. The van der Waals surface area contributed by atoms with E-state index in [1.54, 1.807) is 7.11 Å². The van der Waals surface area contributed by atoms with Crippen molar-refractivity contribution in [1.82, 2.24) is 0 Å². The predicted octanol–water partition coefficient (Wildman–Crippen LogP) is 4.92. The van der Waals surface area contributed by atoms with Gasteiger partial charge < -0.3 is 13.9 Å². The zero-order valence-corrected chi connectivity index (χ0v) is 16.9. The summed E-state index contributed by atoms with van der Waals surface area (Å²) in [5.74, 6) is 1.01. The lowest BCUT2D eigenvalue weighted by Gasteiger charge is -2.31. The second-order valence-corrected chi connectivity index (χ2v) is 8.23. The third-order valence-corrected chi connectivity index (χ3v) is 5.68. The topological polar surface area (TPSA) is 65.7 Å². The summed E-state index contributed by atoms with van der Waals surface area (Å²) >= 11 is 0. The third kappa shape index (κ3) is 2.93. The number of methoxy groups -OCH3 is 1. The average Bonchev–Trinajstić information content (AvgIpc) is 2.57. The van der Waals surface area contributed by atoms with E-state index in [1.165, 1.54) is 6.07 Å². The molecule has 1 aliphatic heterocycles. The first-order valence-corrected chi connectivity index (χ1v) is 9.99. The fourth-order valence-corrected chi connectivity index (χ4v) is 4.06. The van der Waals surface area contributed by atoms with Gasteiger partial charge in [-0.25, -0.2) is 4.79 Å². The second-order valence-electron chi connectivity index (χ2n) is 8.23. The van der Waals surface area contributed by atoms with Gasteiger partial charge >= 0.3 is 5.63 Å². The summed E-state index contributed by atoms with van der Waals surface area (Å²) in [4.78, 5) is 25.6. The second kappa shape index (κ2) is 6.80. The Kier molecular flexibility index (Phi) is 4.56. The summed E-state index contributed by atoms with van der Waals surface area (Å²) in [5.41, 5.74) is 1.30. The molecule has 0 saturated heterocycles. The summed E-state index contributed by atoms with van der Waals surface area (Å²) in [6.07, 6.45) is 8.24. The van der Waals surface area contributed by atoms with Gasteiger partial charge in [0.1, 0.15) is 22.7 Å². The maximum atomic E-state index is 13.3. The number of hydrogen-bond acceptors (Lipinski definition) is 5. The number of benzene rings is 1. The largest absolute Gasteiger partial charge is 0.495 e. The molecule has 1 aromatic heterocycles. The molecule has 4 rings (SSSR count). The van der Waals surface area contributed by atoms with E-state index in [0.29, 0.717) is 29.1 Å². The van der Waals surface area contributed by atoms with Gasteiger partial charge in [0, 0.05) is 12.0 Å². The summed E-state index contributed by atoms with van der Waals surface area (Å²) in [6, 6.07) is 1.52. The Labute approximate surface area is 164 Å². The highest BCUT2D eigenvalue weighted by molar-refractivity contribution is 6.13. The molecule has 2 aromatic rings. The minimum atomic E-state index is -0.510. The van der Waals surface area contributed by atoms with Crippen molar-refractivity contribution < 1.29 is 18.7 Å². The number of carbonyl (C=O) groups excluding carboxylic acids is 1. The first-order valence-electron chi connectivity index (χ1n) is 9.99. The van der Waals surface area contributed by atoms with Gasteiger partial charge in [-0.1, -0.05) is 19.8 Å². The van der Waals surface area contributed by atoms with Crippen molar-refractivity contribution >= 4 is 22.8 Å². The molecule has 1 fully saturated rings. The van der Waals surface area contributed by atoms with Crippen LogP contribution in [0.3, 0.4) is 0 Å². The van der Waals surface area contributed by atoms with Crippen molar-refractivity contribution in [2.24, 2.45) is 5.92 Å². The van der Waals surface area contributed by atoms with Gasteiger partial charge in [-0.2, -0.15) is 0 Å². The van der Waals surface area contributed by atoms with Gasteiger partial charge in [0.25, 0.3) is 0 Å². The van der Waals surface area contributed by atoms with Gasteiger partial charge in [0.05, 0.1) is 18.1 Å². The van der Waals surface area contributed by atoms with E-state index in [2.05, 4.69) is 6.92 Å². The highest BCUT2D eigenvalue weighted by Crippen LogP contribution is 2.48. The predicted molar refractivity (Wildman–Crippen MR) is 108 cm³/mol. The van der Waals surface area contributed by atoms with Crippen LogP contribution in [0.15, 0.2) is 21.4 Å². The zero-order valence-electron chi connectivity index (χ0n) is 16.9. The van der Waals surface area contributed by atoms with Crippen molar-refractivity contribution in [3.8, 4) is 11.5 Å². The number of hydrogen-bond donors (Lipinski definition) is 0. The number of carbonyl (C=O) groups is 1. The molecule has 1 saturated carbocycles. The molecule has 0 bridgehead atoms. The lowest BCUT2D eigenvalue weighted by atomic mass is 9.78. The Morgan fingerprint density at radius 2 is 2.07 bits per heavy atom. The molecule has 0 N–H and O–H groups in total. The van der Waals surface area contributed by atoms with Crippen LogP contribution in [0.2, 0.25) is 0 Å². The standard InChI is InChI=1S/C23H26O5/c1-5-7-14-12-16(24)27-22-17(14)21-15(10-11-23(2,3)28-21)20(26-4)18(22)19(25)13-8-6-9-13/h10-13H,5-9H2,1-4H3. The Morgan fingerprint density at radius 1 is 1.32 bits per heavy atom. The van der Waals surface area contributed by atoms with E-state index < -0.39 is 11.2 Å². The van der Waals surface area contributed by atoms with E-state index in [1.807, 2.05) is 26.0 Å². The molecule has 0 unspecified atom stereocenters. The molecule has 2 heterocycles. The van der Waals surface area contributed by atoms with Gasteiger partial charge in [0.15, 0.2) is 11.4 Å². The SMILES string of the molecule is CCCc1cc(=O)oc2c(C(=O)C3CCC3)c(OC)c3c(c12)OC(C)(C)C=C3. The van der Waals surface area contributed by atoms with Crippen LogP contribution in [0, 0.1) is 5.92 Å². The summed E-state index contributed by atoms with van der Waals surface area (Å²) in [6.45, 7) is 6.00. The molecule has 0 radical (unpaired) electrons. The van der Waals surface area contributed by atoms with Gasteiger partial charge in [-0.15, -0.1) is 0 Å². The number of Topliss-reactive ketones (excluding diaryl/α,β-unsaturated/α-hetero) is 1. The number of aryl methyl sites for hydroxylation is 1. The van der Waals surface area contributed by atoms with Crippen LogP contribution in [0.25, 0.3) is 17.0 Å². The van der Waals surface area contributed by atoms with Crippen molar-refractivity contribution in [3.63, 3.8) is 0 Å². The molecule has 2 aliphatic rings. The number of fused-ring (bicyclic) bond motifs is 3. The normalized spacial score (nSPS) is 17.7. The van der Waals surface area contributed by atoms with E-state index in [9.17, 15) is 9.59 Å². The van der Waals surface area contributed by atoms with Crippen molar-refractivity contribution in [1.29, 1.82) is 0 Å². The fourth-order valence-electron chi connectivity index (χ4n) is 4.06. The number of ether oxygens (including phenoxy) is 2. The third-order valence-electron chi connectivity index (χ3n) is 5.68. The monoisotopic (exact) mass is 382 g/mol. The zero-order chi connectivity index (χ0) is 20.1. The average molecular weight is 382 g/mol. The molecule has 1 aromatic carbocycles. The van der Waals surface area contributed by atoms with Crippen LogP contribution in [0.4, 0.5) is 0 Å². The molecule has 28 heavy (non-hydrogen) atoms. The molecule has 0 atom stereocenters. The lowest BCUT2D eigenvalue weighted by molar-refractivity contribution is 0.0852. The number of rotatable bonds is 5. The smallest absolute Gasteiger partial charge is 0.336 e. The first kappa shape index (κ1) is 18.8. The van der Waals surface area contributed by atoms with Crippen LogP contribution < -0.4 is 15.1 Å². The molecule has 0 amide bonds. The summed E-state index contributed by atoms with van der Waals surface area (Å²) in [7, 11) is 1.54. The van der Waals surface area contributed by atoms with E-state index in [-0.39, 0.29) is 11.7 Å². The van der Waals surface area contributed by atoms with Crippen molar-refractivity contribution in [2.75, 3.05) is 7.11 Å². The van der Waals surface area contributed by atoms with Crippen LogP contribution >= 0.6 is 0 Å². The maximum absolute atomic E-state index is 13.3. The van der Waals surface area contributed by atoms with Crippen LogP contribution in [0.1, 0.15) is 67.9 Å². The number of ketones is 1. The van der Waals surface area contributed by atoms with E-state index >= 15 is 0 Å². The maximum Gasteiger partial charge on any atom is 0.336 e. The highest BCUT2D eigenvalue weighted by atomic mass is 16.5. The molecule has 0 spiro atoms. The summed E-state index contributed by atoms with van der Waals surface area (Å²) in [5, 5.41) is 0.720.